The number of hydrogen-bond donors (Lipinski definition) is 0. The fourth-order valence-electron chi connectivity index (χ4n) is 1.60. The van der Waals surface area contributed by atoms with Crippen molar-refractivity contribution in [1.82, 2.24) is 4.98 Å². The molecule has 0 aliphatic heterocycles. The Kier molecular flexibility index (Phi) is 1.96. The second-order valence-corrected chi connectivity index (χ2v) is 3.75. The Morgan fingerprint density at radius 3 is 2.56 bits per heavy atom. The number of aromatic nitrogens is 2. The molecule has 1 aromatic carbocycles. The first-order chi connectivity index (χ1) is 7.83. The molecule has 0 atom stereocenters. The first kappa shape index (κ1) is 9.09. The van der Waals surface area contributed by atoms with E-state index in [1.807, 2.05) is 53.4 Å². The van der Waals surface area contributed by atoms with Gasteiger partial charge < -0.3 is 4.42 Å². The minimum absolute atomic E-state index is 0.598. The molecule has 0 spiro atoms. The van der Waals surface area contributed by atoms with Gasteiger partial charge >= 0.3 is 6.01 Å². The largest absolute Gasteiger partial charge is 0.509 e. The van der Waals surface area contributed by atoms with E-state index in [0.717, 1.165) is 11.1 Å². The third-order valence-electron chi connectivity index (χ3n) is 2.50. The zero-order valence-electron chi connectivity index (χ0n) is 8.92. The van der Waals surface area contributed by atoms with Gasteiger partial charge in [-0.1, -0.05) is 12.1 Å². The summed E-state index contributed by atoms with van der Waals surface area (Å²) in [6.45, 7) is 2.05. The van der Waals surface area contributed by atoms with Crippen molar-refractivity contribution >= 4 is 11.1 Å². The summed E-state index contributed by atoms with van der Waals surface area (Å²) < 4.78 is 7.51. The van der Waals surface area contributed by atoms with Crippen molar-refractivity contribution in [3.05, 3.63) is 54.4 Å². The van der Waals surface area contributed by atoms with Crippen LogP contribution in [0.5, 0.6) is 0 Å². The van der Waals surface area contributed by atoms with Crippen LogP contribution in [0.15, 0.2) is 53.2 Å². The summed E-state index contributed by atoms with van der Waals surface area (Å²) in [7, 11) is 0. The first-order valence-corrected chi connectivity index (χ1v) is 5.17. The number of pyridine rings is 1. The molecule has 0 fully saturated rings. The highest BCUT2D eigenvalue weighted by atomic mass is 16.4. The molecule has 0 aliphatic carbocycles. The van der Waals surface area contributed by atoms with Gasteiger partial charge in [0, 0.05) is 4.98 Å². The van der Waals surface area contributed by atoms with E-state index < -0.39 is 0 Å². The van der Waals surface area contributed by atoms with E-state index in [9.17, 15) is 0 Å². The van der Waals surface area contributed by atoms with Gasteiger partial charge in [0.1, 0.15) is 0 Å². The van der Waals surface area contributed by atoms with Crippen molar-refractivity contribution < 1.29 is 8.98 Å². The third-order valence-corrected chi connectivity index (χ3v) is 2.50. The molecular weight excluding hydrogens is 200 g/mol. The van der Waals surface area contributed by atoms with Gasteiger partial charge in [-0.15, -0.1) is 0 Å². The second-order valence-electron chi connectivity index (χ2n) is 3.75. The van der Waals surface area contributed by atoms with Crippen LogP contribution in [0.2, 0.25) is 0 Å². The van der Waals surface area contributed by atoms with Gasteiger partial charge in [-0.25, -0.2) is 0 Å². The van der Waals surface area contributed by atoms with Gasteiger partial charge in [0.2, 0.25) is 5.52 Å². The van der Waals surface area contributed by atoms with E-state index in [4.69, 9.17) is 4.42 Å². The van der Waals surface area contributed by atoms with Gasteiger partial charge in [-0.3, -0.25) is 0 Å². The Balaban J connectivity index is 2.15. The molecular formula is C13H11N2O+. The summed E-state index contributed by atoms with van der Waals surface area (Å²) in [4.78, 5) is 4.41. The summed E-state index contributed by atoms with van der Waals surface area (Å²) in [5.41, 5.74) is 2.91. The Labute approximate surface area is 93.0 Å². The molecule has 0 aliphatic rings. The number of fused-ring (bicyclic) bond motifs is 1. The minimum Gasteiger partial charge on any atom is -0.384 e. The Morgan fingerprint density at radius 1 is 1.06 bits per heavy atom. The monoisotopic (exact) mass is 211 g/mol. The van der Waals surface area contributed by atoms with Crippen molar-refractivity contribution in [3.8, 4) is 6.01 Å². The fraction of sp³-hybridized carbons (Fsp3) is 0.0769. The fourth-order valence-corrected chi connectivity index (χ4v) is 1.60. The Bertz CT molecular complexity index is 593. The lowest BCUT2D eigenvalue weighted by Gasteiger charge is -1.91. The molecule has 16 heavy (non-hydrogen) atoms. The highest BCUT2D eigenvalue weighted by Gasteiger charge is 2.15. The number of aryl methyl sites for hydroxylation is 1. The number of para-hydroxylation sites is 2. The summed E-state index contributed by atoms with van der Waals surface area (Å²) in [6, 6.07) is 12.4. The van der Waals surface area contributed by atoms with E-state index in [1.165, 1.54) is 5.56 Å². The molecule has 2 aromatic heterocycles. The highest BCUT2D eigenvalue weighted by molar-refractivity contribution is 5.72. The van der Waals surface area contributed by atoms with Crippen LogP contribution in [0, 0.1) is 6.92 Å². The van der Waals surface area contributed by atoms with Crippen LogP contribution in [0.1, 0.15) is 5.56 Å². The molecule has 3 aromatic rings. The van der Waals surface area contributed by atoms with Crippen LogP contribution >= 0.6 is 0 Å². The maximum Gasteiger partial charge on any atom is 0.509 e. The lowest BCUT2D eigenvalue weighted by atomic mass is 10.3. The number of hydrogen-bond acceptors (Lipinski definition) is 2. The van der Waals surface area contributed by atoms with Gasteiger partial charge in [-0.2, -0.15) is 4.57 Å². The number of benzene rings is 1. The molecule has 0 saturated heterocycles. The predicted molar refractivity (Wildman–Crippen MR) is 60.3 cm³/mol. The molecule has 0 bridgehead atoms. The van der Waals surface area contributed by atoms with Crippen LogP contribution in [-0.2, 0) is 0 Å². The smallest absolute Gasteiger partial charge is 0.384 e. The molecule has 2 heterocycles. The Hall–Kier alpha value is -2.16. The number of oxazole rings is 1. The van der Waals surface area contributed by atoms with E-state index in [1.54, 1.807) is 0 Å². The maximum absolute atomic E-state index is 5.65. The zero-order valence-corrected chi connectivity index (χ0v) is 8.92. The molecule has 78 valence electrons. The SMILES string of the molecule is Cc1cc[n+](-c2nc3ccccc3o2)cc1. The van der Waals surface area contributed by atoms with E-state index in [2.05, 4.69) is 11.9 Å². The van der Waals surface area contributed by atoms with Gasteiger partial charge in [0.25, 0.3) is 0 Å². The predicted octanol–water partition coefficient (Wildman–Crippen LogP) is 2.41. The topological polar surface area (TPSA) is 29.9 Å². The van der Waals surface area contributed by atoms with Crippen LogP contribution in [0.3, 0.4) is 0 Å². The van der Waals surface area contributed by atoms with Crippen LogP contribution < -0.4 is 4.57 Å². The molecule has 3 rings (SSSR count). The average molecular weight is 211 g/mol. The second kappa shape index (κ2) is 3.45. The average Bonchev–Trinajstić information content (AvgIpc) is 2.73. The minimum atomic E-state index is 0.598. The van der Waals surface area contributed by atoms with Crippen molar-refractivity contribution in [3.63, 3.8) is 0 Å². The number of rotatable bonds is 1. The molecule has 3 nitrogen and oxygen atoms in total. The van der Waals surface area contributed by atoms with Crippen LogP contribution in [0.4, 0.5) is 0 Å². The maximum atomic E-state index is 5.65. The standard InChI is InChI=1S/C13H11N2O/c1-10-6-8-15(9-7-10)13-14-11-4-2-3-5-12(11)16-13/h2-9H,1H3/q+1. The molecule has 0 unspecified atom stereocenters. The summed E-state index contributed by atoms with van der Waals surface area (Å²) in [5, 5.41) is 0. The third kappa shape index (κ3) is 1.46. The van der Waals surface area contributed by atoms with Crippen LogP contribution in [-0.4, -0.2) is 4.98 Å². The Morgan fingerprint density at radius 2 is 1.81 bits per heavy atom. The summed E-state index contributed by atoms with van der Waals surface area (Å²) in [5.74, 6) is 0. The normalized spacial score (nSPS) is 10.8. The van der Waals surface area contributed by atoms with Crippen molar-refractivity contribution in [2.75, 3.05) is 0 Å². The van der Waals surface area contributed by atoms with Crippen molar-refractivity contribution in [2.24, 2.45) is 0 Å². The van der Waals surface area contributed by atoms with Crippen molar-refractivity contribution in [2.45, 2.75) is 6.92 Å². The van der Waals surface area contributed by atoms with Crippen molar-refractivity contribution in [1.29, 1.82) is 0 Å². The first-order valence-electron chi connectivity index (χ1n) is 5.17. The van der Waals surface area contributed by atoms with E-state index >= 15 is 0 Å². The van der Waals surface area contributed by atoms with Gasteiger partial charge in [0.05, 0.1) is 12.4 Å². The van der Waals surface area contributed by atoms with E-state index in [-0.39, 0.29) is 0 Å². The molecule has 3 heteroatoms. The lowest BCUT2D eigenvalue weighted by molar-refractivity contribution is -0.612. The number of nitrogens with zero attached hydrogens (tertiary/aromatic N) is 2. The van der Waals surface area contributed by atoms with Crippen LogP contribution in [0.25, 0.3) is 17.1 Å². The van der Waals surface area contributed by atoms with Gasteiger partial charge in [-0.05, 0) is 36.8 Å². The van der Waals surface area contributed by atoms with E-state index in [0.29, 0.717) is 6.01 Å². The summed E-state index contributed by atoms with van der Waals surface area (Å²) >= 11 is 0. The summed E-state index contributed by atoms with van der Waals surface area (Å²) in [6.07, 6.45) is 3.89. The molecule has 0 N–H and O–H groups in total. The molecule has 0 amide bonds. The quantitative estimate of drug-likeness (QED) is 0.578. The van der Waals surface area contributed by atoms with Gasteiger partial charge in [0.15, 0.2) is 5.58 Å². The molecule has 0 radical (unpaired) electrons. The zero-order chi connectivity index (χ0) is 11.0. The highest BCUT2D eigenvalue weighted by Crippen LogP contribution is 2.14. The molecule has 0 saturated carbocycles. The lowest BCUT2D eigenvalue weighted by Crippen LogP contribution is -2.29.